The van der Waals surface area contributed by atoms with Crippen molar-refractivity contribution in [3.05, 3.63) is 28.8 Å². The number of rotatable bonds is 5. The third kappa shape index (κ3) is 4.56. The lowest BCUT2D eigenvalue weighted by atomic mass is 10.1. The molecule has 0 radical (unpaired) electrons. The summed E-state index contributed by atoms with van der Waals surface area (Å²) in [6.07, 6.45) is 1.89. The topological polar surface area (TPSA) is 49.3 Å². The zero-order valence-corrected chi connectivity index (χ0v) is 11.9. The molecule has 1 atom stereocenters. The van der Waals surface area contributed by atoms with Crippen molar-refractivity contribution < 1.29 is 9.90 Å². The molecule has 5 heteroatoms. The van der Waals surface area contributed by atoms with E-state index in [2.05, 4.69) is 21.2 Å². The number of amides is 1. The average molecular weight is 321 g/mol. The van der Waals surface area contributed by atoms with Crippen molar-refractivity contribution in [1.82, 2.24) is 5.32 Å². The Labute approximate surface area is 114 Å². The van der Waals surface area contributed by atoms with Gasteiger partial charge in [-0.2, -0.15) is 0 Å². The van der Waals surface area contributed by atoms with E-state index in [1.54, 1.807) is 6.07 Å². The molecule has 0 spiro atoms. The van der Waals surface area contributed by atoms with Gasteiger partial charge in [0.05, 0.1) is 5.56 Å². The zero-order valence-electron chi connectivity index (χ0n) is 9.54. The molecule has 17 heavy (non-hydrogen) atoms. The Morgan fingerprint density at radius 3 is 2.88 bits per heavy atom. The molecule has 0 bridgehead atoms. The van der Waals surface area contributed by atoms with Gasteiger partial charge in [-0.25, -0.2) is 0 Å². The van der Waals surface area contributed by atoms with Crippen molar-refractivity contribution in [2.45, 2.75) is 25.8 Å². The first-order valence-electron chi connectivity index (χ1n) is 5.40. The monoisotopic (exact) mass is 319 g/mol. The third-order valence-corrected chi connectivity index (χ3v) is 3.15. The van der Waals surface area contributed by atoms with Crippen molar-refractivity contribution in [2.24, 2.45) is 0 Å². The Morgan fingerprint density at radius 2 is 2.29 bits per heavy atom. The molecule has 1 aromatic carbocycles. The number of halogens is 2. The highest BCUT2D eigenvalue weighted by atomic mass is 79.9. The predicted octanol–water partition coefficient (Wildman–Crippen LogP) is 3.34. The van der Waals surface area contributed by atoms with Crippen LogP contribution in [0.3, 0.4) is 0 Å². The molecule has 0 saturated heterocycles. The highest BCUT2D eigenvalue weighted by molar-refractivity contribution is 9.09. The van der Waals surface area contributed by atoms with Gasteiger partial charge in [0.1, 0.15) is 5.75 Å². The van der Waals surface area contributed by atoms with Gasteiger partial charge in [-0.15, -0.1) is 0 Å². The smallest absolute Gasteiger partial charge is 0.255 e. The minimum absolute atomic E-state index is 0.0788. The van der Waals surface area contributed by atoms with E-state index in [1.807, 2.05) is 6.92 Å². The molecular weight excluding hydrogens is 305 g/mol. The first-order chi connectivity index (χ1) is 8.04. The Morgan fingerprint density at radius 1 is 1.59 bits per heavy atom. The molecule has 0 aliphatic heterocycles. The summed E-state index contributed by atoms with van der Waals surface area (Å²) in [6, 6.07) is 4.54. The highest BCUT2D eigenvalue weighted by Crippen LogP contribution is 2.21. The van der Waals surface area contributed by atoms with Crippen LogP contribution in [0.5, 0.6) is 5.75 Å². The van der Waals surface area contributed by atoms with Crippen molar-refractivity contribution >= 4 is 33.4 Å². The minimum atomic E-state index is -0.277. The van der Waals surface area contributed by atoms with Gasteiger partial charge < -0.3 is 10.4 Å². The van der Waals surface area contributed by atoms with Gasteiger partial charge in [0.2, 0.25) is 0 Å². The summed E-state index contributed by atoms with van der Waals surface area (Å²) < 4.78 is 0. The van der Waals surface area contributed by atoms with Gasteiger partial charge in [-0.3, -0.25) is 4.79 Å². The molecule has 1 unspecified atom stereocenters. The van der Waals surface area contributed by atoms with Crippen LogP contribution < -0.4 is 5.32 Å². The Kier molecular flexibility index (Phi) is 5.78. The molecule has 1 rings (SSSR count). The number of phenolic OH excluding ortho intramolecular Hbond substituents is 1. The molecular formula is C12H15BrClNO2. The maximum atomic E-state index is 11.8. The van der Waals surface area contributed by atoms with Gasteiger partial charge in [-0.05, 0) is 38.0 Å². The highest BCUT2D eigenvalue weighted by Gasteiger charge is 2.13. The molecule has 3 nitrogen and oxygen atoms in total. The van der Waals surface area contributed by atoms with E-state index in [9.17, 15) is 9.90 Å². The van der Waals surface area contributed by atoms with Gasteiger partial charge in [0.25, 0.3) is 5.91 Å². The molecule has 1 amide bonds. The van der Waals surface area contributed by atoms with Gasteiger partial charge in [0, 0.05) is 16.4 Å². The molecule has 94 valence electrons. The first-order valence-corrected chi connectivity index (χ1v) is 6.90. The summed E-state index contributed by atoms with van der Waals surface area (Å²) >= 11 is 9.04. The number of phenols is 1. The Hall–Kier alpha value is -0.740. The summed E-state index contributed by atoms with van der Waals surface area (Å²) in [5.41, 5.74) is 0.250. The average Bonchev–Trinajstić information content (AvgIpc) is 2.26. The van der Waals surface area contributed by atoms with Crippen LogP contribution in [0.1, 0.15) is 30.1 Å². The van der Waals surface area contributed by atoms with Crippen LogP contribution in [0.15, 0.2) is 18.2 Å². The maximum absolute atomic E-state index is 11.8. The van der Waals surface area contributed by atoms with E-state index in [4.69, 9.17) is 11.6 Å². The van der Waals surface area contributed by atoms with Crippen molar-refractivity contribution in [3.8, 4) is 5.75 Å². The quantitative estimate of drug-likeness (QED) is 0.818. The Bertz CT molecular complexity index is 398. The van der Waals surface area contributed by atoms with Gasteiger partial charge in [0.15, 0.2) is 0 Å². The summed E-state index contributed by atoms with van der Waals surface area (Å²) in [6.45, 7) is 1.94. The third-order valence-electron chi connectivity index (χ3n) is 2.35. The molecule has 0 saturated carbocycles. The number of carbonyl (C=O) groups is 1. The molecule has 0 aliphatic rings. The van der Waals surface area contributed by atoms with E-state index in [-0.39, 0.29) is 23.3 Å². The maximum Gasteiger partial charge on any atom is 0.255 e. The number of benzene rings is 1. The van der Waals surface area contributed by atoms with E-state index in [0.717, 1.165) is 18.2 Å². The molecule has 0 aliphatic carbocycles. The number of hydrogen-bond donors (Lipinski definition) is 2. The fraction of sp³-hybridized carbons (Fsp3) is 0.417. The number of alkyl halides is 1. The number of carbonyl (C=O) groups excluding carboxylic acids is 1. The van der Waals surface area contributed by atoms with Crippen molar-refractivity contribution in [3.63, 3.8) is 0 Å². The van der Waals surface area contributed by atoms with Crippen molar-refractivity contribution in [1.29, 1.82) is 0 Å². The molecule has 0 aromatic heterocycles. The molecule has 1 aromatic rings. The second kappa shape index (κ2) is 6.87. The van der Waals surface area contributed by atoms with E-state index in [0.29, 0.717) is 5.02 Å². The second-order valence-corrected chi connectivity index (χ2v) is 5.10. The van der Waals surface area contributed by atoms with Crippen molar-refractivity contribution in [2.75, 3.05) is 5.33 Å². The fourth-order valence-electron chi connectivity index (χ4n) is 1.45. The standard InChI is InChI=1S/C12H15BrClNO2/c1-8(3-2-6-13)15-12(17)10-5-4-9(14)7-11(10)16/h4-5,7-8,16H,2-3,6H2,1H3,(H,15,17). The van der Waals surface area contributed by atoms with E-state index < -0.39 is 0 Å². The first kappa shape index (κ1) is 14.3. The van der Waals surface area contributed by atoms with Gasteiger partial charge in [-0.1, -0.05) is 27.5 Å². The lowest BCUT2D eigenvalue weighted by molar-refractivity contribution is 0.0935. The lowest BCUT2D eigenvalue weighted by Gasteiger charge is -2.13. The van der Waals surface area contributed by atoms with E-state index >= 15 is 0 Å². The summed E-state index contributed by atoms with van der Waals surface area (Å²) in [4.78, 5) is 11.8. The van der Waals surface area contributed by atoms with Gasteiger partial charge >= 0.3 is 0 Å². The number of aromatic hydroxyl groups is 1. The molecule has 0 heterocycles. The van der Waals surface area contributed by atoms with Crippen LogP contribution >= 0.6 is 27.5 Å². The van der Waals surface area contributed by atoms with Crippen LogP contribution in [-0.2, 0) is 0 Å². The van der Waals surface area contributed by atoms with Crippen LogP contribution in [0, 0.1) is 0 Å². The van der Waals surface area contributed by atoms with Crippen LogP contribution in [0.2, 0.25) is 5.02 Å². The lowest BCUT2D eigenvalue weighted by Crippen LogP contribution is -2.32. The van der Waals surface area contributed by atoms with Crippen LogP contribution in [-0.4, -0.2) is 22.4 Å². The summed E-state index contributed by atoms with van der Waals surface area (Å²) in [5.74, 6) is -0.371. The van der Waals surface area contributed by atoms with E-state index in [1.165, 1.54) is 12.1 Å². The summed E-state index contributed by atoms with van der Waals surface area (Å²) in [5, 5.41) is 13.8. The number of nitrogens with one attached hydrogen (secondary N) is 1. The Balaban J connectivity index is 2.63. The van der Waals surface area contributed by atoms with Crippen LogP contribution in [0.25, 0.3) is 0 Å². The second-order valence-electron chi connectivity index (χ2n) is 3.87. The fourth-order valence-corrected chi connectivity index (χ4v) is 1.94. The largest absolute Gasteiger partial charge is 0.507 e. The zero-order chi connectivity index (χ0) is 12.8. The van der Waals surface area contributed by atoms with Crippen LogP contribution in [0.4, 0.5) is 0 Å². The SMILES string of the molecule is CC(CCCBr)NC(=O)c1ccc(Cl)cc1O. The summed E-state index contributed by atoms with van der Waals surface area (Å²) in [7, 11) is 0. The molecule has 0 fully saturated rings. The molecule has 2 N–H and O–H groups in total. The predicted molar refractivity (Wildman–Crippen MR) is 73.1 cm³/mol. The normalized spacial score (nSPS) is 12.2. The minimum Gasteiger partial charge on any atom is -0.507 e. The number of hydrogen-bond acceptors (Lipinski definition) is 2.